The molecule has 0 saturated heterocycles. The highest BCUT2D eigenvalue weighted by Gasteiger charge is 2.21. The van der Waals surface area contributed by atoms with Crippen LogP contribution in [0.5, 0.6) is 0 Å². The van der Waals surface area contributed by atoms with E-state index in [1.807, 2.05) is 146 Å². The molecular formula is C90H57BrN8. The predicted molar refractivity (Wildman–Crippen MR) is 415 cm³/mol. The number of rotatable bonds is 7. The molecule has 0 amide bonds. The monoisotopic (exact) mass is 1330 g/mol. The van der Waals surface area contributed by atoms with E-state index in [1.54, 1.807) is 0 Å². The number of hydrogen-bond acceptors (Lipinski definition) is 6. The van der Waals surface area contributed by atoms with Crippen molar-refractivity contribution >= 4 is 124 Å². The van der Waals surface area contributed by atoms with E-state index >= 15 is 0 Å². The molecule has 0 aliphatic rings. The Balaban J connectivity index is 0.000000119. The van der Waals surface area contributed by atoms with Gasteiger partial charge in [-0.15, -0.1) is 0 Å². The zero-order chi connectivity index (χ0) is 65.8. The number of H-pyrrole nitrogens is 1. The molecule has 464 valence electrons. The van der Waals surface area contributed by atoms with Crippen LogP contribution in [0.25, 0.3) is 182 Å². The van der Waals surface area contributed by atoms with Crippen LogP contribution in [-0.4, -0.2) is 39.5 Å². The molecule has 1 N–H and O–H groups in total. The van der Waals surface area contributed by atoms with Crippen LogP contribution in [0.3, 0.4) is 0 Å². The maximum atomic E-state index is 5.11. The van der Waals surface area contributed by atoms with Gasteiger partial charge in [0.05, 0.1) is 16.7 Å². The fourth-order valence-electron chi connectivity index (χ4n) is 14.1. The molecule has 20 aromatic rings. The van der Waals surface area contributed by atoms with Crippen LogP contribution in [0.4, 0.5) is 0 Å². The summed E-state index contributed by atoms with van der Waals surface area (Å²) >= 11 is 3.59. The zero-order valence-corrected chi connectivity index (χ0v) is 54.9. The Bertz CT molecular complexity index is 6380. The first-order valence-corrected chi connectivity index (χ1v) is 33.9. The minimum atomic E-state index is 0.632. The Hall–Kier alpha value is -12.8. The van der Waals surface area contributed by atoms with E-state index in [0.717, 1.165) is 54.6 Å². The summed E-state index contributed by atoms with van der Waals surface area (Å²) in [6.07, 6.45) is 0. The van der Waals surface area contributed by atoms with Crippen molar-refractivity contribution in [3.05, 3.63) is 344 Å². The quantitative estimate of drug-likeness (QED) is 0.160. The van der Waals surface area contributed by atoms with Crippen molar-refractivity contribution in [2.45, 2.75) is 0 Å². The number of nitrogens with zero attached hydrogens (tertiary/aromatic N) is 7. The van der Waals surface area contributed by atoms with Crippen LogP contribution in [-0.2, 0) is 0 Å². The molecule has 9 heteroatoms. The number of halogens is 1. The lowest BCUT2D eigenvalue weighted by atomic mass is 9.95. The number of benzene rings is 16. The van der Waals surface area contributed by atoms with Gasteiger partial charge in [0.15, 0.2) is 34.9 Å². The van der Waals surface area contributed by atoms with Gasteiger partial charge in [-0.1, -0.05) is 301 Å². The molecule has 20 rings (SSSR count). The number of fused-ring (bicyclic) bond motifs is 16. The predicted octanol–water partition coefficient (Wildman–Crippen LogP) is 23.8. The van der Waals surface area contributed by atoms with Gasteiger partial charge in [0, 0.05) is 70.4 Å². The van der Waals surface area contributed by atoms with Crippen LogP contribution in [0.1, 0.15) is 0 Å². The van der Waals surface area contributed by atoms with Crippen molar-refractivity contribution in [2.24, 2.45) is 0 Å². The maximum absolute atomic E-state index is 5.11. The molecule has 99 heavy (non-hydrogen) atoms. The van der Waals surface area contributed by atoms with E-state index in [0.29, 0.717) is 34.9 Å². The molecule has 0 aliphatic heterocycles. The molecule has 4 heterocycles. The van der Waals surface area contributed by atoms with Crippen LogP contribution < -0.4 is 0 Å². The van der Waals surface area contributed by atoms with Crippen LogP contribution in [0.15, 0.2) is 344 Å². The topological polar surface area (TPSA) is 98.1 Å². The smallest absolute Gasteiger partial charge is 0.166 e. The van der Waals surface area contributed by atoms with Gasteiger partial charge in [-0.25, -0.2) is 29.9 Å². The summed E-state index contributed by atoms with van der Waals surface area (Å²) in [6.45, 7) is 0. The molecule has 0 unspecified atom stereocenters. The summed E-state index contributed by atoms with van der Waals surface area (Å²) < 4.78 is 3.33. The van der Waals surface area contributed by atoms with Crippen LogP contribution >= 0.6 is 15.9 Å². The SMILES string of the molecule is Brc1ccccc1-c1nc(-c2ccccc2)nc(-c2ccccc2)n1.c1ccc(-c2nc(-c3ccccc3)nc(-c3ccccc3-n3c4ccccc4c4cc5c(ccc6ccc7ccccc7c65)cc43)n2)cc1.c1ccc2c(c1)ccc1ccc3cc4[nH]c5ccccc5c4cc3c12. The van der Waals surface area contributed by atoms with Gasteiger partial charge < -0.3 is 9.55 Å². The largest absolute Gasteiger partial charge is 0.354 e. The summed E-state index contributed by atoms with van der Waals surface area (Å²) in [6, 6.07) is 118. The lowest BCUT2D eigenvalue weighted by Crippen LogP contribution is -2.03. The number of hydrogen-bond donors (Lipinski definition) is 1. The second kappa shape index (κ2) is 25.1. The van der Waals surface area contributed by atoms with Gasteiger partial charge >= 0.3 is 0 Å². The molecule has 0 fully saturated rings. The Morgan fingerprint density at radius 1 is 0.232 bits per heavy atom. The Kier molecular flexibility index (Phi) is 14.9. The first-order chi connectivity index (χ1) is 49.0. The lowest BCUT2D eigenvalue weighted by molar-refractivity contribution is 1.06. The summed E-state index contributed by atoms with van der Waals surface area (Å²) in [5, 5.41) is 20.4. The highest BCUT2D eigenvalue weighted by atomic mass is 79.9. The third kappa shape index (κ3) is 10.8. The second-order valence-electron chi connectivity index (χ2n) is 24.7. The van der Waals surface area contributed by atoms with Crippen molar-refractivity contribution in [2.75, 3.05) is 0 Å². The summed E-state index contributed by atoms with van der Waals surface area (Å²) in [5.41, 5.74) is 11.4. The lowest BCUT2D eigenvalue weighted by Gasteiger charge is -2.15. The first kappa shape index (κ1) is 58.7. The molecule has 8 nitrogen and oxygen atoms in total. The highest BCUT2D eigenvalue weighted by Crippen LogP contribution is 2.42. The van der Waals surface area contributed by atoms with Gasteiger partial charge in [0.25, 0.3) is 0 Å². The van der Waals surface area contributed by atoms with Gasteiger partial charge in [-0.05, 0) is 119 Å². The van der Waals surface area contributed by atoms with E-state index in [-0.39, 0.29) is 0 Å². The number of para-hydroxylation sites is 3. The van der Waals surface area contributed by atoms with Crippen molar-refractivity contribution in [1.29, 1.82) is 0 Å². The molecule has 4 aromatic heterocycles. The molecule has 0 bridgehead atoms. The fourth-order valence-corrected chi connectivity index (χ4v) is 14.5. The summed E-state index contributed by atoms with van der Waals surface area (Å²) in [4.78, 5) is 32.8. The summed E-state index contributed by atoms with van der Waals surface area (Å²) in [7, 11) is 0. The second-order valence-corrected chi connectivity index (χ2v) is 25.6. The third-order valence-corrected chi connectivity index (χ3v) is 19.5. The van der Waals surface area contributed by atoms with E-state index < -0.39 is 0 Å². The normalized spacial score (nSPS) is 11.5. The Labute approximate surface area is 578 Å². The Morgan fingerprint density at radius 3 is 1.15 bits per heavy atom. The van der Waals surface area contributed by atoms with Crippen LogP contribution in [0.2, 0.25) is 0 Å². The van der Waals surface area contributed by atoms with Crippen molar-refractivity contribution in [3.63, 3.8) is 0 Å². The maximum Gasteiger partial charge on any atom is 0.166 e. The van der Waals surface area contributed by atoms with Crippen molar-refractivity contribution in [1.82, 2.24) is 39.5 Å². The molecular weight excluding hydrogens is 1270 g/mol. The van der Waals surface area contributed by atoms with E-state index in [1.165, 1.54) is 97.2 Å². The molecule has 0 radical (unpaired) electrons. The number of nitrogens with one attached hydrogen (secondary N) is 1. The average molecular weight is 1330 g/mol. The molecule has 16 aromatic carbocycles. The minimum Gasteiger partial charge on any atom is -0.354 e. The highest BCUT2D eigenvalue weighted by molar-refractivity contribution is 9.10. The van der Waals surface area contributed by atoms with E-state index in [4.69, 9.17) is 29.9 Å². The van der Waals surface area contributed by atoms with Gasteiger partial charge in [-0.3, -0.25) is 0 Å². The number of aromatic nitrogens is 8. The van der Waals surface area contributed by atoms with Gasteiger partial charge in [0.2, 0.25) is 0 Å². The van der Waals surface area contributed by atoms with E-state index in [2.05, 4.69) is 220 Å². The van der Waals surface area contributed by atoms with E-state index in [9.17, 15) is 0 Å². The molecule has 0 atom stereocenters. The molecule has 0 spiro atoms. The molecule has 0 aliphatic carbocycles. The van der Waals surface area contributed by atoms with Gasteiger partial charge in [0.1, 0.15) is 0 Å². The standard InChI is InChI=1S/C45H28N4.C24H15N.C21H14BrN3/c1-3-14-31(15-4-1)43-46-44(32-16-5-2-6-17-32)48-45(47-43)36-20-10-12-22-40(36)49-39-21-11-9-19-35(39)38-28-37-33(27-41(38)49)26-25-30-24-23-29-13-7-8-18-34(29)42(30)37;1-2-6-18-15(5-1)9-10-16-11-12-17-13-23-21(14-20(17)24(16)18)19-7-3-4-8-22(19)25-23;22-18-14-8-7-13-17(18)21-24-19(15-9-3-1-4-10-15)23-20(25-21)16-11-5-2-6-12-16/h1-28H;1-14,25H;1-14H. The minimum absolute atomic E-state index is 0.632. The summed E-state index contributed by atoms with van der Waals surface area (Å²) in [5.74, 6) is 3.91. The first-order valence-electron chi connectivity index (χ1n) is 33.1. The van der Waals surface area contributed by atoms with Crippen LogP contribution in [0, 0.1) is 0 Å². The van der Waals surface area contributed by atoms with Crippen molar-refractivity contribution in [3.8, 4) is 74.0 Å². The fraction of sp³-hybridized carbons (Fsp3) is 0. The van der Waals surface area contributed by atoms with Crippen molar-refractivity contribution < 1.29 is 0 Å². The Morgan fingerprint density at radius 2 is 0.616 bits per heavy atom. The third-order valence-electron chi connectivity index (χ3n) is 18.8. The molecule has 0 saturated carbocycles. The average Bonchev–Trinajstić information content (AvgIpc) is 1.59. The van der Waals surface area contributed by atoms with Gasteiger partial charge in [-0.2, -0.15) is 0 Å². The zero-order valence-electron chi connectivity index (χ0n) is 53.3. The number of aromatic amines is 1.